The minimum atomic E-state index is -0.149. The van der Waals surface area contributed by atoms with E-state index in [4.69, 9.17) is 9.47 Å². The maximum Gasteiger partial charge on any atom is 0.182 e. The van der Waals surface area contributed by atoms with Gasteiger partial charge in [0.25, 0.3) is 0 Å². The molecule has 4 rings (SSSR count). The van der Waals surface area contributed by atoms with Gasteiger partial charge in [0.15, 0.2) is 6.23 Å². The number of methoxy groups -OCH3 is 1. The fourth-order valence-corrected chi connectivity index (χ4v) is 4.13. The van der Waals surface area contributed by atoms with Crippen LogP contribution in [-0.4, -0.2) is 25.5 Å². The number of rotatable bonds is 1. The summed E-state index contributed by atoms with van der Waals surface area (Å²) in [4.78, 5) is 2.19. The molecule has 4 nitrogen and oxygen atoms in total. The first kappa shape index (κ1) is 14.2. The van der Waals surface area contributed by atoms with E-state index in [0.717, 1.165) is 34.7 Å². The van der Waals surface area contributed by atoms with Crippen molar-refractivity contribution in [2.45, 2.75) is 31.9 Å². The Kier molecular flexibility index (Phi) is 2.83. The fourth-order valence-electron chi connectivity index (χ4n) is 4.13. The number of phenolic OH excluding ortho intramolecular Hbond substituents is 1. The summed E-state index contributed by atoms with van der Waals surface area (Å²) in [5, 5.41) is 9.93. The smallest absolute Gasteiger partial charge is 0.182 e. The van der Waals surface area contributed by atoms with Crippen molar-refractivity contribution in [2.75, 3.05) is 19.1 Å². The predicted molar refractivity (Wildman–Crippen MR) is 89.7 cm³/mol. The van der Waals surface area contributed by atoms with Crippen LogP contribution < -0.4 is 14.4 Å². The number of fused-ring (bicyclic) bond motifs is 4. The first-order valence-corrected chi connectivity index (χ1v) is 7.84. The second-order valence-electron chi connectivity index (χ2n) is 6.81. The molecule has 2 atom stereocenters. The summed E-state index contributed by atoms with van der Waals surface area (Å²) in [5.41, 5.74) is 4.30. The highest BCUT2D eigenvalue weighted by atomic mass is 16.5. The van der Waals surface area contributed by atoms with E-state index >= 15 is 0 Å². The Balaban J connectivity index is 1.87. The van der Waals surface area contributed by atoms with Gasteiger partial charge in [-0.15, -0.1) is 0 Å². The first-order valence-electron chi connectivity index (χ1n) is 7.84. The van der Waals surface area contributed by atoms with E-state index in [-0.39, 0.29) is 11.6 Å². The van der Waals surface area contributed by atoms with Crippen LogP contribution in [0.1, 0.15) is 23.6 Å². The molecule has 0 fully saturated rings. The second kappa shape index (κ2) is 4.57. The van der Waals surface area contributed by atoms with Crippen molar-refractivity contribution in [1.82, 2.24) is 0 Å². The Morgan fingerprint density at radius 3 is 2.83 bits per heavy atom. The molecule has 0 aliphatic carbocycles. The molecule has 4 heteroatoms. The van der Waals surface area contributed by atoms with E-state index in [0.29, 0.717) is 5.75 Å². The van der Waals surface area contributed by atoms with Gasteiger partial charge in [0.05, 0.1) is 12.5 Å². The molecule has 23 heavy (non-hydrogen) atoms. The summed E-state index contributed by atoms with van der Waals surface area (Å²) in [6.45, 7) is 4.21. The highest BCUT2D eigenvalue weighted by molar-refractivity contribution is 5.67. The third-order valence-corrected chi connectivity index (χ3v) is 5.22. The summed E-state index contributed by atoms with van der Waals surface area (Å²) >= 11 is 0. The van der Waals surface area contributed by atoms with Crippen molar-refractivity contribution < 1.29 is 14.6 Å². The summed E-state index contributed by atoms with van der Waals surface area (Å²) in [6, 6.07) is 9.79. The number of aromatic hydroxyl groups is 1. The average molecular weight is 311 g/mol. The lowest BCUT2D eigenvalue weighted by Gasteiger charge is -2.40. The highest BCUT2D eigenvalue weighted by Crippen LogP contribution is 2.52. The number of ether oxygens (including phenoxy) is 2. The number of hydrogen-bond donors (Lipinski definition) is 1. The molecule has 120 valence electrons. The minimum absolute atomic E-state index is 0.0552. The standard InChI is InChI=1S/C19H21NO3/c1-11-7-13(21)8-12-10-19(2)15-6-5-14(22-4)9-16(15)20(3)18(19)23-17(11)12/h5-9,18,21H,10H2,1-4H3. The molecule has 0 spiro atoms. The summed E-state index contributed by atoms with van der Waals surface area (Å²) in [5.74, 6) is 2.05. The molecule has 2 aliphatic heterocycles. The number of anilines is 1. The molecule has 1 N–H and O–H groups in total. The average Bonchev–Trinajstić information content (AvgIpc) is 2.73. The molecular weight excluding hydrogens is 290 g/mol. The third-order valence-electron chi connectivity index (χ3n) is 5.22. The Labute approximate surface area is 136 Å². The SMILES string of the molecule is COc1ccc2c(c1)N(C)C1Oc3c(C)cc(O)cc3CC21C. The maximum absolute atomic E-state index is 9.93. The molecule has 2 aromatic carbocycles. The monoisotopic (exact) mass is 311 g/mol. The van der Waals surface area contributed by atoms with Gasteiger partial charge in [0.2, 0.25) is 0 Å². The molecule has 2 aromatic rings. The number of nitrogens with zero attached hydrogens (tertiary/aromatic N) is 1. The van der Waals surface area contributed by atoms with Crippen LogP contribution in [0.15, 0.2) is 30.3 Å². The van der Waals surface area contributed by atoms with Gasteiger partial charge in [-0.25, -0.2) is 0 Å². The first-order chi connectivity index (χ1) is 10.9. The summed E-state index contributed by atoms with van der Waals surface area (Å²) in [7, 11) is 3.75. The van der Waals surface area contributed by atoms with Crippen molar-refractivity contribution in [3.05, 3.63) is 47.0 Å². The van der Waals surface area contributed by atoms with E-state index in [2.05, 4.69) is 31.0 Å². The Morgan fingerprint density at radius 1 is 1.30 bits per heavy atom. The van der Waals surface area contributed by atoms with Crippen LogP contribution in [0.4, 0.5) is 5.69 Å². The maximum atomic E-state index is 9.93. The third kappa shape index (κ3) is 1.84. The van der Waals surface area contributed by atoms with Gasteiger partial charge in [0.1, 0.15) is 17.2 Å². The van der Waals surface area contributed by atoms with Gasteiger partial charge in [-0.2, -0.15) is 0 Å². The van der Waals surface area contributed by atoms with Gasteiger partial charge < -0.3 is 19.5 Å². The van der Waals surface area contributed by atoms with Gasteiger partial charge in [-0.05, 0) is 55.2 Å². The van der Waals surface area contributed by atoms with Crippen LogP contribution >= 0.6 is 0 Å². The van der Waals surface area contributed by atoms with E-state index in [1.807, 2.05) is 19.1 Å². The molecule has 0 radical (unpaired) electrons. The van der Waals surface area contributed by atoms with E-state index in [9.17, 15) is 5.11 Å². The molecule has 0 saturated heterocycles. The van der Waals surface area contributed by atoms with Crippen LogP contribution in [0, 0.1) is 6.92 Å². The number of benzene rings is 2. The van der Waals surface area contributed by atoms with Crippen molar-refractivity contribution in [3.63, 3.8) is 0 Å². The molecule has 0 amide bonds. The second-order valence-corrected chi connectivity index (χ2v) is 6.81. The Morgan fingerprint density at radius 2 is 2.09 bits per heavy atom. The van der Waals surface area contributed by atoms with Crippen LogP contribution in [-0.2, 0) is 11.8 Å². The molecular formula is C19H21NO3. The van der Waals surface area contributed by atoms with E-state index in [1.165, 1.54) is 5.56 Å². The van der Waals surface area contributed by atoms with E-state index in [1.54, 1.807) is 13.2 Å². The zero-order valence-corrected chi connectivity index (χ0v) is 13.9. The zero-order valence-electron chi connectivity index (χ0n) is 13.9. The summed E-state index contributed by atoms with van der Waals surface area (Å²) < 4.78 is 11.8. The lowest BCUT2D eigenvalue weighted by Crippen LogP contribution is -2.49. The fraction of sp³-hybridized carbons (Fsp3) is 0.368. The highest BCUT2D eigenvalue weighted by Gasteiger charge is 2.51. The zero-order chi connectivity index (χ0) is 16.4. The topological polar surface area (TPSA) is 41.9 Å². The predicted octanol–water partition coefficient (Wildman–Crippen LogP) is 3.38. The summed E-state index contributed by atoms with van der Waals surface area (Å²) in [6.07, 6.45) is 0.784. The minimum Gasteiger partial charge on any atom is -0.508 e. The van der Waals surface area contributed by atoms with Gasteiger partial charge >= 0.3 is 0 Å². The van der Waals surface area contributed by atoms with Gasteiger partial charge in [-0.3, -0.25) is 0 Å². The lowest BCUT2D eigenvalue weighted by atomic mass is 9.75. The lowest BCUT2D eigenvalue weighted by molar-refractivity contribution is 0.107. The van der Waals surface area contributed by atoms with Gasteiger partial charge in [0, 0.05) is 18.8 Å². The largest absolute Gasteiger partial charge is 0.508 e. The van der Waals surface area contributed by atoms with Crippen LogP contribution in [0.5, 0.6) is 17.2 Å². The van der Waals surface area contributed by atoms with Gasteiger partial charge in [-0.1, -0.05) is 6.07 Å². The Bertz CT molecular complexity index is 801. The van der Waals surface area contributed by atoms with Crippen LogP contribution in [0.25, 0.3) is 0 Å². The quantitative estimate of drug-likeness (QED) is 0.877. The molecule has 2 aliphatic rings. The van der Waals surface area contributed by atoms with Crippen LogP contribution in [0.3, 0.4) is 0 Å². The Hall–Kier alpha value is -2.36. The van der Waals surface area contributed by atoms with E-state index < -0.39 is 0 Å². The number of phenols is 1. The van der Waals surface area contributed by atoms with Crippen molar-refractivity contribution in [1.29, 1.82) is 0 Å². The molecule has 2 heterocycles. The molecule has 0 aromatic heterocycles. The van der Waals surface area contributed by atoms with Crippen molar-refractivity contribution >= 4 is 5.69 Å². The molecule has 0 saturated carbocycles. The molecule has 2 unspecified atom stereocenters. The number of aryl methyl sites for hydroxylation is 1. The number of likely N-dealkylation sites (N-methyl/N-ethyl adjacent to an activating group) is 1. The number of hydrogen-bond acceptors (Lipinski definition) is 4. The van der Waals surface area contributed by atoms with Crippen molar-refractivity contribution in [3.8, 4) is 17.2 Å². The van der Waals surface area contributed by atoms with Crippen molar-refractivity contribution in [2.24, 2.45) is 0 Å². The molecule has 0 bridgehead atoms. The van der Waals surface area contributed by atoms with Crippen LogP contribution in [0.2, 0.25) is 0 Å². The normalized spacial score (nSPS) is 24.5.